The molecule has 0 fully saturated rings. The lowest BCUT2D eigenvalue weighted by molar-refractivity contribution is -0.870. The second kappa shape index (κ2) is 47.2. The number of esters is 2. The summed E-state index contributed by atoms with van der Waals surface area (Å²) in [5.41, 5.74) is 0. The summed E-state index contributed by atoms with van der Waals surface area (Å²) in [6, 6.07) is 0. The SMILES string of the molecule is CC/C=C\C/C=C\C/C=C\C/C=C\C/C=C\C/C=C\CCCCCCCCCCCCC(=O)OC(COC(=O)CCCCCCCCCCCCC)COC(OCC[N+](C)(C)C)C(=O)[O-]. The maximum absolute atomic E-state index is 12.8. The van der Waals surface area contributed by atoms with Crippen molar-refractivity contribution >= 4 is 17.9 Å². The van der Waals surface area contributed by atoms with Crippen LogP contribution in [-0.2, 0) is 33.3 Å². The molecule has 0 aliphatic heterocycles. The van der Waals surface area contributed by atoms with E-state index in [-0.39, 0.29) is 32.2 Å². The Kier molecular flexibility index (Phi) is 44.9. The normalized spacial score (nSPS) is 13.4. The number of aliphatic carboxylic acids is 1. The van der Waals surface area contributed by atoms with Crippen molar-refractivity contribution in [3.63, 3.8) is 0 Å². The molecule has 0 radical (unpaired) electrons. The average molecular weight is 912 g/mol. The molecule has 2 atom stereocenters. The zero-order chi connectivity index (χ0) is 47.7. The highest BCUT2D eigenvalue weighted by molar-refractivity contribution is 5.70. The van der Waals surface area contributed by atoms with E-state index in [0.717, 1.165) is 83.5 Å². The second-order valence-electron chi connectivity index (χ2n) is 18.4. The largest absolute Gasteiger partial charge is 0.545 e. The first-order valence-electron chi connectivity index (χ1n) is 26.1. The highest BCUT2D eigenvalue weighted by Crippen LogP contribution is 2.15. The number of nitrogens with zero attached hydrogens (tertiary/aromatic N) is 1. The van der Waals surface area contributed by atoms with E-state index in [0.29, 0.717) is 23.9 Å². The van der Waals surface area contributed by atoms with Crippen molar-refractivity contribution in [1.82, 2.24) is 0 Å². The van der Waals surface area contributed by atoms with Crippen LogP contribution in [0, 0.1) is 0 Å². The Bertz CT molecular complexity index is 1290. The molecule has 2 unspecified atom stereocenters. The standard InChI is InChI=1S/C56H97NO8/c1-6-8-10-12-14-16-18-19-20-21-22-23-24-25-26-27-28-29-30-31-32-33-34-35-37-39-41-43-45-47-54(59)65-52(51-64-56(55(60)61)62-49-48-57(3,4)5)50-63-53(58)46-44-42-40-38-36-17-15-13-11-9-7-2/h8,10,14,16,19-20,22-23,25-26,28-29,52,56H,6-7,9,11-13,15,17-18,21,24,27,30-51H2,1-5H3/b10-8-,16-14-,20-19-,23-22-,26-25-,29-28-. The van der Waals surface area contributed by atoms with Gasteiger partial charge in [-0.15, -0.1) is 0 Å². The van der Waals surface area contributed by atoms with E-state index < -0.39 is 24.3 Å². The van der Waals surface area contributed by atoms with Gasteiger partial charge in [0, 0.05) is 12.8 Å². The fraction of sp³-hybridized carbons (Fsp3) is 0.732. The smallest absolute Gasteiger partial charge is 0.306 e. The number of unbranched alkanes of at least 4 members (excludes halogenated alkanes) is 20. The van der Waals surface area contributed by atoms with Crippen LogP contribution in [0.2, 0.25) is 0 Å². The zero-order valence-corrected chi connectivity index (χ0v) is 42.3. The molecule has 0 spiro atoms. The van der Waals surface area contributed by atoms with Crippen molar-refractivity contribution in [2.45, 2.75) is 219 Å². The molecule has 0 heterocycles. The first-order chi connectivity index (χ1) is 31.6. The Hall–Kier alpha value is -3.27. The Morgan fingerprint density at radius 1 is 0.477 bits per heavy atom. The third kappa shape index (κ3) is 48.5. The monoisotopic (exact) mass is 912 g/mol. The van der Waals surface area contributed by atoms with Crippen LogP contribution in [0.3, 0.4) is 0 Å². The van der Waals surface area contributed by atoms with E-state index in [1.807, 2.05) is 21.1 Å². The van der Waals surface area contributed by atoms with E-state index in [1.165, 1.54) is 89.9 Å². The van der Waals surface area contributed by atoms with Gasteiger partial charge in [0.1, 0.15) is 13.2 Å². The lowest BCUT2D eigenvalue weighted by atomic mass is 10.0. The molecule has 0 amide bonds. The molecule has 0 aromatic carbocycles. The molecule has 0 aliphatic rings. The minimum atomic E-state index is -1.62. The molecular formula is C56H97NO8. The fourth-order valence-electron chi connectivity index (χ4n) is 6.95. The van der Waals surface area contributed by atoms with Gasteiger partial charge in [0.2, 0.25) is 0 Å². The number of ether oxygens (including phenoxy) is 4. The number of rotatable bonds is 47. The number of carbonyl (C=O) groups is 3. The van der Waals surface area contributed by atoms with E-state index in [4.69, 9.17) is 18.9 Å². The third-order valence-corrected chi connectivity index (χ3v) is 11.0. The molecule has 9 heteroatoms. The summed E-state index contributed by atoms with van der Waals surface area (Å²) in [6.45, 7) is 4.61. The number of carbonyl (C=O) groups excluding carboxylic acids is 3. The number of allylic oxidation sites excluding steroid dienone is 12. The molecule has 65 heavy (non-hydrogen) atoms. The fourth-order valence-corrected chi connectivity index (χ4v) is 6.95. The van der Waals surface area contributed by atoms with Crippen molar-refractivity contribution in [3.05, 3.63) is 72.9 Å². The van der Waals surface area contributed by atoms with Gasteiger partial charge in [0.05, 0.1) is 40.3 Å². The number of hydrogen-bond donors (Lipinski definition) is 0. The Balaban J connectivity index is 4.23. The first-order valence-corrected chi connectivity index (χ1v) is 26.1. The summed E-state index contributed by atoms with van der Waals surface area (Å²) in [4.78, 5) is 37.1. The van der Waals surface area contributed by atoms with Gasteiger partial charge in [-0.1, -0.05) is 202 Å². The van der Waals surface area contributed by atoms with Crippen LogP contribution in [0.4, 0.5) is 0 Å². The minimum absolute atomic E-state index is 0.145. The van der Waals surface area contributed by atoms with E-state index in [1.54, 1.807) is 0 Å². The zero-order valence-electron chi connectivity index (χ0n) is 42.3. The second-order valence-corrected chi connectivity index (χ2v) is 18.4. The minimum Gasteiger partial charge on any atom is -0.545 e. The Morgan fingerprint density at radius 3 is 1.31 bits per heavy atom. The highest BCUT2D eigenvalue weighted by Gasteiger charge is 2.22. The van der Waals surface area contributed by atoms with Crippen molar-refractivity contribution in [2.75, 3.05) is 47.5 Å². The van der Waals surface area contributed by atoms with Crippen molar-refractivity contribution in [3.8, 4) is 0 Å². The Morgan fingerprint density at radius 2 is 0.877 bits per heavy atom. The van der Waals surface area contributed by atoms with Gasteiger partial charge < -0.3 is 33.3 Å². The summed E-state index contributed by atoms with van der Waals surface area (Å²) in [5, 5.41) is 11.7. The molecule has 0 saturated carbocycles. The number of hydrogen-bond acceptors (Lipinski definition) is 8. The topological polar surface area (TPSA) is 111 Å². The maximum atomic E-state index is 12.8. The van der Waals surface area contributed by atoms with Gasteiger partial charge in [0.25, 0.3) is 0 Å². The van der Waals surface area contributed by atoms with Crippen LogP contribution in [-0.4, -0.2) is 82.3 Å². The summed E-state index contributed by atoms with van der Waals surface area (Å²) in [6.07, 6.45) is 56.6. The molecule has 374 valence electrons. The van der Waals surface area contributed by atoms with E-state index in [9.17, 15) is 19.5 Å². The third-order valence-electron chi connectivity index (χ3n) is 11.0. The molecule has 0 rings (SSSR count). The van der Waals surface area contributed by atoms with Crippen LogP contribution in [0.1, 0.15) is 206 Å². The van der Waals surface area contributed by atoms with Gasteiger partial charge >= 0.3 is 11.9 Å². The highest BCUT2D eigenvalue weighted by atomic mass is 16.7. The maximum Gasteiger partial charge on any atom is 0.306 e. The van der Waals surface area contributed by atoms with Crippen molar-refractivity contribution < 1.29 is 42.9 Å². The lowest BCUT2D eigenvalue weighted by Crippen LogP contribution is -2.44. The number of carboxylic acid groups (broad SMARTS) is 1. The van der Waals surface area contributed by atoms with E-state index >= 15 is 0 Å². The van der Waals surface area contributed by atoms with Crippen molar-refractivity contribution in [1.29, 1.82) is 0 Å². The molecule has 0 N–H and O–H groups in total. The molecule has 0 aliphatic carbocycles. The van der Waals surface area contributed by atoms with Crippen LogP contribution < -0.4 is 5.11 Å². The van der Waals surface area contributed by atoms with Gasteiger partial charge in [-0.2, -0.15) is 0 Å². The van der Waals surface area contributed by atoms with Crippen LogP contribution in [0.5, 0.6) is 0 Å². The molecule has 0 aromatic heterocycles. The number of likely N-dealkylation sites (N-methyl/N-ethyl adjacent to an activating group) is 1. The molecular weight excluding hydrogens is 815 g/mol. The van der Waals surface area contributed by atoms with Gasteiger partial charge in [0.15, 0.2) is 12.4 Å². The predicted octanol–water partition coefficient (Wildman–Crippen LogP) is 13.3. The summed E-state index contributed by atoms with van der Waals surface area (Å²) >= 11 is 0. The molecule has 0 bridgehead atoms. The van der Waals surface area contributed by atoms with Crippen LogP contribution in [0.25, 0.3) is 0 Å². The summed E-state index contributed by atoms with van der Waals surface area (Å²) in [5.74, 6) is -2.29. The van der Waals surface area contributed by atoms with E-state index in [2.05, 4.69) is 86.8 Å². The number of carboxylic acids is 1. The molecule has 0 saturated heterocycles. The van der Waals surface area contributed by atoms with Gasteiger partial charge in [-0.3, -0.25) is 9.59 Å². The van der Waals surface area contributed by atoms with Gasteiger partial charge in [-0.25, -0.2) is 0 Å². The molecule has 0 aromatic rings. The number of quaternary nitrogens is 1. The summed E-state index contributed by atoms with van der Waals surface area (Å²) < 4.78 is 22.6. The quantitative estimate of drug-likeness (QED) is 0.0195. The van der Waals surface area contributed by atoms with Crippen LogP contribution in [0.15, 0.2) is 72.9 Å². The van der Waals surface area contributed by atoms with Crippen molar-refractivity contribution in [2.24, 2.45) is 0 Å². The lowest BCUT2D eigenvalue weighted by Gasteiger charge is -2.26. The first kappa shape index (κ1) is 61.7. The Labute approximate surface area is 398 Å². The van der Waals surface area contributed by atoms with Gasteiger partial charge in [-0.05, 0) is 64.2 Å². The van der Waals surface area contributed by atoms with Crippen LogP contribution >= 0.6 is 0 Å². The predicted molar refractivity (Wildman–Crippen MR) is 269 cm³/mol. The average Bonchev–Trinajstić information content (AvgIpc) is 3.27. The summed E-state index contributed by atoms with van der Waals surface area (Å²) in [7, 11) is 5.91. The molecule has 9 nitrogen and oxygen atoms in total.